The second kappa shape index (κ2) is 5.11. The molecule has 0 spiro atoms. The van der Waals surface area contributed by atoms with E-state index in [1.54, 1.807) is 25.3 Å². The van der Waals surface area contributed by atoms with E-state index in [9.17, 15) is 0 Å². The smallest absolute Gasteiger partial charge is 0.176 e. The van der Waals surface area contributed by atoms with Gasteiger partial charge in [0.2, 0.25) is 0 Å². The molecule has 1 heterocycles. The van der Waals surface area contributed by atoms with Gasteiger partial charge in [0.1, 0.15) is 5.75 Å². The molecule has 2 aromatic rings. The van der Waals surface area contributed by atoms with E-state index in [0.717, 1.165) is 5.69 Å². The van der Waals surface area contributed by atoms with Gasteiger partial charge in [0.05, 0.1) is 17.8 Å². The van der Waals surface area contributed by atoms with Gasteiger partial charge in [-0.15, -0.1) is 15.0 Å². The van der Waals surface area contributed by atoms with Crippen molar-refractivity contribution < 1.29 is 4.74 Å². The van der Waals surface area contributed by atoms with E-state index >= 15 is 0 Å². The maximum absolute atomic E-state index is 6.01. The van der Waals surface area contributed by atoms with Crippen LogP contribution in [0.3, 0.4) is 0 Å². The summed E-state index contributed by atoms with van der Waals surface area (Å²) in [5.41, 5.74) is 6.14. The fraction of sp³-hybridized carbons (Fsp3) is 0.300. The molecule has 0 atom stereocenters. The first kappa shape index (κ1) is 11.8. The van der Waals surface area contributed by atoms with E-state index in [4.69, 9.17) is 22.1 Å². The summed E-state index contributed by atoms with van der Waals surface area (Å²) in [5.74, 6) is 1.22. The average molecular weight is 254 g/mol. The summed E-state index contributed by atoms with van der Waals surface area (Å²) in [6.07, 6.45) is 0.601. The summed E-state index contributed by atoms with van der Waals surface area (Å²) < 4.78 is 5.07. The number of hydrogen-bond donors (Lipinski definition) is 1. The Kier molecular flexibility index (Phi) is 3.55. The van der Waals surface area contributed by atoms with Crippen LogP contribution in [-0.2, 0) is 6.42 Å². The van der Waals surface area contributed by atoms with E-state index in [1.165, 1.54) is 4.80 Å². The van der Waals surface area contributed by atoms with E-state index < -0.39 is 0 Å². The third kappa shape index (κ3) is 2.54. The number of methoxy groups -OCH3 is 1. The average Bonchev–Trinajstić information content (AvgIpc) is 2.78. The van der Waals surface area contributed by atoms with Gasteiger partial charge in [0.15, 0.2) is 5.82 Å². The maximum Gasteiger partial charge on any atom is 0.176 e. The van der Waals surface area contributed by atoms with Crippen molar-refractivity contribution in [3.63, 3.8) is 0 Å². The fourth-order valence-corrected chi connectivity index (χ4v) is 1.61. The molecule has 0 unspecified atom stereocenters. The number of hydrogen-bond acceptors (Lipinski definition) is 5. The highest BCUT2D eigenvalue weighted by atomic mass is 35.5. The summed E-state index contributed by atoms with van der Waals surface area (Å²) in [7, 11) is 1.56. The quantitative estimate of drug-likeness (QED) is 0.873. The summed E-state index contributed by atoms with van der Waals surface area (Å²) in [6, 6.07) is 5.27. The molecule has 2 rings (SSSR count). The molecule has 0 saturated carbocycles. The Labute approximate surface area is 103 Å². The van der Waals surface area contributed by atoms with E-state index in [1.807, 2.05) is 0 Å². The lowest BCUT2D eigenvalue weighted by molar-refractivity contribution is 0.415. The van der Waals surface area contributed by atoms with E-state index in [2.05, 4.69) is 15.4 Å². The van der Waals surface area contributed by atoms with Gasteiger partial charge in [0.25, 0.3) is 0 Å². The second-order valence-electron chi connectivity index (χ2n) is 3.35. The Balaban J connectivity index is 2.29. The van der Waals surface area contributed by atoms with Crippen LogP contribution in [0.5, 0.6) is 5.75 Å². The Morgan fingerprint density at radius 1 is 1.47 bits per heavy atom. The molecule has 1 aromatic heterocycles. The predicted molar refractivity (Wildman–Crippen MR) is 63.5 cm³/mol. The van der Waals surface area contributed by atoms with Crippen molar-refractivity contribution in [1.82, 2.24) is 20.2 Å². The monoisotopic (exact) mass is 253 g/mol. The highest BCUT2D eigenvalue weighted by molar-refractivity contribution is 6.32. The van der Waals surface area contributed by atoms with Gasteiger partial charge < -0.3 is 10.5 Å². The van der Waals surface area contributed by atoms with Crippen molar-refractivity contribution in [2.75, 3.05) is 13.7 Å². The van der Waals surface area contributed by atoms with Crippen LogP contribution in [0.15, 0.2) is 18.2 Å². The van der Waals surface area contributed by atoms with Crippen molar-refractivity contribution in [2.45, 2.75) is 6.42 Å². The van der Waals surface area contributed by atoms with Gasteiger partial charge in [-0.25, -0.2) is 0 Å². The van der Waals surface area contributed by atoms with Crippen molar-refractivity contribution in [3.05, 3.63) is 29.0 Å². The van der Waals surface area contributed by atoms with Crippen molar-refractivity contribution >= 4 is 11.6 Å². The molecule has 1 aromatic carbocycles. The minimum Gasteiger partial charge on any atom is -0.495 e. The Hall–Kier alpha value is -1.66. The molecule has 90 valence electrons. The molecule has 0 aliphatic rings. The molecule has 0 saturated heterocycles. The van der Waals surface area contributed by atoms with Crippen molar-refractivity contribution in [1.29, 1.82) is 0 Å². The number of nitrogens with zero attached hydrogens (tertiary/aromatic N) is 4. The van der Waals surface area contributed by atoms with Crippen LogP contribution in [0.4, 0.5) is 0 Å². The van der Waals surface area contributed by atoms with Crippen molar-refractivity contribution in [3.8, 4) is 11.4 Å². The zero-order valence-electron chi connectivity index (χ0n) is 9.30. The molecule has 7 heteroatoms. The van der Waals surface area contributed by atoms with Gasteiger partial charge in [-0.1, -0.05) is 11.6 Å². The van der Waals surface area contributed by atoms with Gasteiger partial charge in [-0.2, -0.15) is 0 Å². The number of aromatic nitrogens is 4. The highest BCUT2D eigenvalue weighted by Crippen LogP contribution is 2.25. The topological polar surface area (TPSA) is 78.8 Å². The summed E-state index contributed by atoms with van der Waals surface area (Å²) in [4.78, 5) is 1.41. The van der Waals surface area contributed by atoms with Crippen LogP contribution >= 0.6 is 11.6 Å². The minimum absolute atomic E-state index is 0.495. The first-order valence-corrected chi connectivity index (χ1v) is 5.45. The van der Waals surface area contributed by atoms with Crippen LogP contribution in [0.1, 0.15) is 5.82 Å². The molecule has 0 fully saturated rings. The molecule has 0 aliphatic carbocycles. The van der Waals surface area contributed by atoms with Gasteiger partial charge >= 0.3 is 0 Å². The summed E-state index contributed by atoms with van der Waals surface area (Å²) in [6.45, 7) is 0.495. The second-order valence-corrected chi connectivity index (χ2v) is 3.76. The van der Waals surface area contributed by atoms with Crippen LogP contribution in [0, 0.1) is 0 Å². The van der Waals surface area contributed by atoms with Gasteiger partial charge in [0, 0.05) is 6.42 Å². The number of benzene rings is 1. The third-order valence-electron chi connectivity index (χ3n) is 2.19. The SMILES string of the molecule is COc1ccc(-n2nnc(CCN)n2)cc1Cl. The number of nitrogens with two attached hydrogens (primary N) is 1. The maximum atomic E-state index is 6.01. The van der Waals surface area contributed by atoms with E-state index in [0.29, 0.717) is 29.6 Å². The molecule has 0 amide bonds. The lowest BCUT2D eigenvalue weighted by atomic mass is 10.3. The van der Waals surface area contributed by atoms with Gasteiger partial charge in [-0.05, 0) is 30.0 Å². The molecule has 2 N–H and O–H groups in total. The Morgan fingerprint density at radius 2 is 2.29 bits per heavy atom. The third-order valence-corrected chi connectivity index (χ3v) is 2.48. The Morgan fingerprint density at radius 3 is 2.94 bits per heavy atom. The van der Waals surface area contributed by atoms with E-state index in [-0.39, 0.29) is 0 Å². The van der Waals surface area contributed by atoms with Crippen LogP contribution < -0.4 is 10.5 Å². The number of tetrazole rings is 1. The first-order chi connectivity index (χ1) is 8.24. The standard InChI is InChI=1S/C10H12ClN5O/c1-17-9-3-2-7(6-8(9)11)16-14-10(4-5-12)13-15-16/h2-3,6H,4-5,12H2,1H3. The van der Waals surface area contributed by atoms with Crippen LogP contribution in [-0.4, -0.2) is 33.9 Å². The van der Waals surface area contributed by atoms with Crippen molar-refractivity contribution in [2.24, 2.45) is 5.73 Å². The molecule has 17 heavy (non-hydrogen) atoms. The van der Waals surface area contributed by atoms with Crippen LogP contribution in [0.2, 0.25) is 5.02 Å². The normalized spacial score (nSPS) is 10.5. The first-order valence-electron chi connectivity index (χ1n) is 5.07. The molecular formula is C10H12ClN5O. The predicted octanol–water partition coefficient (Wildman–Crippen LogP) is 0.825. The highest BCUT2D eigenvalue weighted by Gasteiger charge is 2.07. The molecule has 6 nitrogen and oxygen atoms in total. The van der Waals surface area contributed by atoms with Crippen LogP contribution in [0.25, 0.3) is 5.69 Å². The largest absolute Gasteiger partial charge is 0.495 e. The molecule has 0 aliphatic heterocycles. The molecular weight excluding hydrogens is 242 g/mol. The number of ether oxygens (including phenoxy) is 1. The number of halogens is 1. The zero-order chi connectivity index (χ0) is 12.3. The lowest BCUT2D eigenvalue weighted by Gasteiger charge is -2.04. The zero-order valence-corrected chi connectivity index (χ0v) is 10.1. The van der Waals surface area contributed by atoms with Gasteiger partial charge in [-0.3, -0.25) is 0 Å². The fourth-order valence-electron chi connectivity index (χ4n) is 1.36. The minimum atomic E-state index is 0.495. The number of rotatable bonds is 4. The molecule has 0 bridgehead atoms. The lowest BCUT2D eigenvalue weighted by Crippen LogP contribution is -2.05. The Bertz CT molecular complexity index is 513. The summed E-state index contributed by atoms with van der Waals surface area (Å²) >= 11 is 6.01. The summed E-state index contributed by atoms with van der Waals surface area (Å²) in [5, 5.41) is 12.5. The molecule has 0 radical (unpaired) electrons.